The Morgan fingerprint density at radius 2 is 2.10 bits per heavy atom. The Morgan fingerprint density at radius 1 is 1.35 bits per heavy atom. The van der Waals surface area contributed by atoms with Crippen molar-refractivity contribution >= 4 is 28.6 Å². The number of hydrogen-bond acceptors (Lipinski definition) is 7. The van der Waals surface area contributed by atoms with Gasteiger partial charge in [-0.1, -0.05) is 0 Å². The lowest BCUT2D eigenvalue weighted by Gasteiger charge is -2.17. The number of aliphatic hydroxyl groups is 2. The average Bonchev–Trinajstić information content (AvgIpc) is 2.93. The van der Waals surface area contributed by atoms with E-state index in [4.69, 9.17) is 10.5 Å². The van der Waals surface area contributed by atoms with Crippen LogP contribution in [0.1, 0.15) is 13.2 Å². The number of aliphatic hydroxyl groups excluding tert-OH is 2. The predicted octanol–water partition coefficient (Wildman–Crippen LogP) is 0.375. The van der Waals surface area contributed by atoms with E-state index in [1.165, 1.54) is 18.1 Å². The van der Waals surface area contributed by atoms with Crippen LogP contribution in [-0.4, -0.2) is 49.3 Å². The summed E-state index contributed by atoms with van der Waals surface area (Å²) in [6, 6.07) is 0. The highest BCUT2D eigenvalue weighted by atomic mass is 32.2. The molecule has 0 aliphatic carbocycles. The largest absolute Gasteiger partial charge is 0.388 e. The fraction of sp³-hybridized carbons (Fsp3) is 0.500. The third-order valence-electron chi connectivity index (χ3n) is 3.58. The Labute approximate surface area is 119 Å². The quantitative estimate of drug-likeness (QED) is 0.687. The van der Waals surface area contributed by atoms with E-state index in [1.54, 1.807) is 11.5 Å². The Hall–Kier alpha value is -1.35. The van der Waals surface area contributed by atoms with Crippen molar-refractivity contribution in [2.75, 3.05) is 12.0 Å². The molecule has 4 N–H and O–H groups in total. The maximum Gasteiger partial charge on any atom is 0.164 e. The normalized spacial score (nSPS) is 30.2. The first kappa shape index (κ1) is 13.6. The second-order valence-electron chi connectivity index (χ2n) is 4.78. The van der Waals surface area contributed by atoms with E-state index in [1.807, 2.05) is 12.5 Å². The van der Waals surface area contributed by atoms with E-state index in [0.29, 0.717) is 11.5 Å². The van der Waals surface area contributed by atoms with Crippen molar-refractivity contribution in [2.45, 2.75) is 36.4 Å². The number of rotatable bonds is 2. The lowest BCUT2D eigenvalue weighted by atomic mass is 10.1. The number of ether oxygens (including phenoxy) is 1. The molecule has 0 bridgehead atoms. The van der Waals surface area contributed by atoms with Crippen LogP contribution in [0.4, 0.5) is 5.82 Å². The number of aromatic nitrogens is 3. The smallest absolute Gasteiger partial charge is 0.164 e. The Morgan fingerprint density at radius 3 is 2.70 bits per heavy atom. The van der Waals surface area contributed by atoms with Crippen molar-refractivity contribution in [1.29, 1.82) is 0 Å². The van der Waals surface area contributed by atoms with Gasteiger partial charge in [-0.3, -0.25) is 0 Å². The Bertz CT molecular complexity index is 647. The number of fused-ring (bicyclic) bond motifs is 1. The second-order valence-corrected chi connectivity index (χ2v) is 5.62. The zero-order valence-corrected chi connectivity index (χ0v) is 11.9. The fourth-order valence-corrected chi connectivity index (χ4v) is 3.10. The molecular weight excluding hydrogens is 280 g/mol. The molecule has 0 aromatic carbocycles. The van der Waals surface area contributed by atoms with Gasteiger partial charge in [-0.15, -0.1) is 11.8 Å². The van der Waals surface area contributed by atoms with Gasteiger partial charge in [0.25, 0.3) is 0 Å². The fourth-order valence-electron chi connectivity index (χ4n) is 2.48. The van der Waals surface area contributed by atoms with Crippen LogP contribution < -0.4 is 5.73 Å². The number of nitrogen functional groups attached to an aromatic ring is 1. The van der Waals surface area contributed by atoms with Gasteiger partial charge >= 0.3 is 0 Å². The van der Waals surface area contributed by atoms with Crippen LogP contribution in [-0.2, 0) is 4.74 Å². The second kappa shape index (κ2) is 4.88. The van der Waals surface area contributed by atoms with Crippen LogP contribution >= 0.6 is 11.8 Å². The summed E-state index contributed by atoms with van der Waals surface area (Å²) in [5.74, 6) is 0.388. The van der Waals surface area contributed by atoms with Gasteiger partial charge in [-0.2, -0.15) is 0 Å². The summed E-state index contributed by atoms with van der Waals surface area (Å²) in [6.07, 6.45) is 2.07. The molecule has 3 heterocycles. The summed E-state index contributed by atoms with van der Waals surface area (Å²) in [5.41, 5.74) is 6.49. The third kappa shape index (κ3) is 1.87. The van der Waals surface area contributed by atoms with Gasteiger partial charge < -0.3 is 25.3 Å². The highest BCUT2D eigenvalue weighted by Gasteiger charge is 2.42. The molecular formula is C12H16N4O3S. The highest BCUT2D eigenvalue weighted by molar-refractivity contribution is 7.98. The molecule has 0 radical (unpaired) electrons. The molecule has 2 aromatic heterocycles. The summed E-state index contributed by atoms with van der Waals surface area (Å²) in [6.45, 7) is 1.72. The Kier molecular flexibility index (Phi) is 3.33. The summed E-state index contributed by atoms with van der Waals surface area (Å²) in [4.78, 5) is 9.12. The van der Waals surface area contributed by atoms with Gasteiger partial charge in [0.05, 0.1) is 11.5 Å². The standard InChI is InChI=1S/C12H16N4O3S/c1-5-8(17)9(18)12(19-5)16-3-6(20-2)7-10(13)14-4-15-11(7)16/h3-5,8-9,12,17-18H,1-2H3,(H2,13,14,15)/t5-,8-,9-,12-/m1/s1. The summed E-state index contributed by atoms with van der Waals surface area (Å²) in [7, 11) is 0. The minimum absolute atomic E-state index is 0.388. The lowest BCUT2D eigenvalue weighted by Crippen LogP contribution is -2.30. The molecule has 1 aliphatic heterocycles. The molecule has 0 saturated carbocycles. The number of thioether (sulfide) groups is 1. The summed E-state index contributed by atoms with van der Waals surface area (Å²) in [5, 5.41) is 20.7. The molecule has 8 heteroatoms. The number of anilines is 1. The molecule has 108 valence electrons. The first-order valence-corrected chi connectivity index (χ1v) is 7.43. The van der Waals surface area contributed by atoms with Gasteiger partial charge in [0.15, 0.2) is 6.23 Å². The van der Waals surface area contributed by atoms with Crippen LogP contribution in [0.5, 0.6) is 0 Å². The molecule has 20 heavy (non-hydrogen) atoms. The minimum atomic E-state index is -1.01. The van der Waals surface area contributed by atoms with Gasteiger partial charge in [0.2, 0.25) is 0 Å². The maximum absolute atomic E-state index is 10.1. The average molecular weight is 296 g/mol. The van der Waals surface area contributed by atoms with Crippen molar-refractivity contribution in [3.8, 4) is 0 Å². The molecule has 7 nitrogen and oxygen atoms in total. The van der Waals surface area contributed by atoms with Gasteiger partial charge in [0, 0.05) is 11.1 Å². The number of hydrogen-bond donors (Lipinski definition) is 3. The van der Waals surface area contributed by atoms with E-state index in [0.717, 1.165) is 10.3 Å². The monoisotopic (exact) mass is 296 g/mol. The zero-order valence-electron chi connectivity index (χ0n) is 11.1. The SMILES string of the molecule is CSc1cn([C@@H]2O[C@H](C)[C@@H](O)[C@H]2O)c2ncnc(N)c12. The van der Waals surface area contributed by atoms with Crippen LogP contribution in [0, 0.1) is 0 Å². The molecule has 0 spiro atoms. The zero-order chi connectivity index (χ0) is 14.4. The molecule has 4 atom stereocenters. The van der Waals surface area contributed by atoms with Gasteiger partial charge in [-0.05, 0) is 13.2 Å². The van der Waals surface area contributed by atoms with Crippen molar-refractivity contribution in [3.63, 3.8) is 0 Å². The van der Waals surface area contributed by atoms with E-state index >= 15 is 0 Å². The van der Waals surface area contributed by atoms with Crippen LogP contribution in [0.2, 0.25) is 0 Å². The summed E-state index contributed by atoms with van der Waals surface area (Å²) < 4.78 is 7.34. The van der Waals surface area contributed by atoms with Crippen LogP contribution in [0.15, 0.2) is 17.4 Å². The topological polar surface area (TPSA) is 106 Å². The van der Waals surface area contributed by atoms with Gasteiger partial charge in [-0.25, -0.2) is 9.97 Å². The van der Waals surface area contributed by atoms with Crippen molar-refractivity contribution < 1.29 is 14.9 Å². The lowest BCUT2D eigenvalue weighted by molar-refractivity contribution is -0.0298. The van der Waals surface area contributed by atoms with E-state index < -0.39 is 24.5 Å². The van der Waals surface area contributed by atoms with Crippen LogP contribution in [0.3, 0.4) is 0 Å². The van der Waals surface area contributed by atoms with Crippen molar-refractivity contribution in [2.24, 2.45) is 0 Å². The molecule has 1 aliphatic rings. The van der Waals surface area contributed by atoms with Crippen LogP contribution in [0.25, 0.3) is 11.0 Å². The summed E-state index contributed by atoms with van der Waals surface area (Å²) >= 11 is 1.51. The first-order valence-electron chi connectivity index (χ1n) is 6.21. The molecule has 0 unspecified atom stereocenters. The van der Waals surface area contributed by atoms with E-state index in [2.05, 4.69) is 9.97 Å². The van der Waals surface area contributed by atoms with Crippen molar-refractivity contribution in [1.82, 2.24) is 14.5 Å². The molecule has 1 saturated heterocycles. The molecule has 3 rings (SSSR count). The maximum atomic E-state index is 10.1. The molecule has 2 aromatic rings. The molecule has 0 amide bonds. The highest BCUT2D eigenvalue weighted by Crippen LogP contribution is 2.36. The minimum Gasteiger partial charge on any atom is -0.388 e. The predicted molar refractivity (Wildman–Crippen MR) is 75.3 cm³/mol. The molecule has 1 fully saturated rings. The van der Waals surface area contributed by atoms with E-state index in [9.17, 15) is 10.2 Å². The van der Waals surface area contributed by atoms with Gasteiger partial charge in [0.1, 0.15) is 30.0 Å². The van der Waals surface area contributed by atoms with Crippen molar-refractivity contribution in [3.05, 3.63) is 12.5 Å². The Balaban J connectivity index is 2.16. The number of nitrogens with two attached hydrogens (primary N) is 1. The third-order valence-corrected chi connectivity index (χ3v) is 4.32. The van der Waals surface area contributed by atoms with E-state index in [-0.39, 0.29) is 0 Å². The first-order chi connectivity index (χ1) is 9.54. The number of nitrogens with zero attached hydrogens (tertiary/aromatic N) is 3.